The van der Waals surface area contributed by atoms with Crippen LogP contribution in [-0.4, -0.2) is 49.3 Å². The molecule has 0 bridgehead atoms. The van der Waals surface area contributed by atoms with Crippen LogP contribution in [0.1, 0.15) is 21.5 Å². The van der Waals surface area contributed by atoms with Gasteiger partial charge in [0.15, 0.2) is 5.78 Å². The van der Waals surface area contributed by atoms with Crippen molar-refractivity contribution in [3.8, 4) is 28.4 Å². The second-order valence-corrected chi connectivity index (χ2v) is 13.3. The van der Waals surface area contributed by atoms with Gasteiger partial charge in [-0.15, -0.1) is 8.67 Å². The van der Waals surface area contributed by atoms with Gasteiger partial charge in [0.05, 0.1) is 36.1 Å². The van der Waals surface area contributed by atoms with Gasteiger partial charge in [-0.25, -0.2) is 10.5 Å². The van der Waals surface area contributed by atoms with Gasteiger partial charge in [-0.2, -0.15) is 16.8 Å². The summed E-state index contributed by atoms with van der Waals surface area (Å²) in [5.74, 6) is -1.21. The Balaban J connectivity index is 1.73. The van der Waals surface area contributed by atoms with Crippen LogP contribution in [0.5, 0.6) is 17.2 Å². The van der Waals surface area contributed by atoms with Gasteiger partial charge < -0.3 is 9.47 Å². The van der Waals surface area contributed by atoms with Crippen molar-refractivity contribution in [2.75, 3.05) is 7.11 Å². The second-order valence-electron chi connectivity index (χ2n) is 9.00. The summed E-state index contributed by atoms with van der Waals surface area (Å²) in [5.41, 5.74) is 1.32. The predicted molar refractivity (Wildman–Crippen MR) is 160 cm³/mol. The number of rotatable bonds is 14. The first-order valence-corrected chi connectivity index (χ1v) is 16.7. The molecule has 46 heavy (non-hydrogen) atoms. The molecule has 0 saturated carbocycles. The normalized spacial score (nSPS) is 11.8. The van der Waals surface area contributed by atoms with Crippen molar-refractivity contribution in [3.63, 3.8) is 0 Å². The Morgan fingerprint density at radius 3 is 1.78 bits per heavy atom. The lowest BCUT2D eigenvalue weighted by molar-refractivity contribution is -0.432. The van der Waals surface area contributed by atoms with Crippen molar-refractivity contribution in [2.45, 2.75) is 26.5 Å². The van der Waals surface area contributed by atoms with E-state index in [0.717, 1.165) is 18.2 Å². The molecule has 0 amide bonds. The number of benzene rings is 4. The highest BCUT2D eigenvalue weighted by Crippen LogP contribution is 2.40. The van der Waals surface area contributed by atoms with Gasteiger partial charge in [-0.05, 0) is 72.1 Å². The molecule has 244 valence electrons. The molecule has 0 aliphatic carbocycles. The zero-order valence-electron chi connectivity index (χ0n) is 23.3. The minimum atomic E-state index is -4.97. The lowest BCUT2D eigenvalue weighted by Gasteiger charge is -2.15. The van der Waals surface area contributed by atoms with Gasteiger partial charge in [0.25, 0.3) is 20.2 Å². The van der Waals surface area contributed by atoms with E-state index in [1.165, 1.54) is 55.6 Å². The van der Waals surface area contributed by atoms with Crippen LogP contribution in [0, 0.1) is 6.92 Å². The van der Waals surface area contributed by atoms with Gasteiger partial charge in [0, 0.05) is 16.0 Å². The molecule has 0 fully saturated rings. The zero-order valence-corrected chi connectivity index (χ0v) is 26.6. The summed E-state index contributed by atoms with van der Waals surface area (Å²) < 4.78 is 87.9. The Kier molecular flexibility index (Phi) is 11.4. The highest BCUT2D eigenvalue weighted by molar-refractivity contribution is 7.94. The Morgan fingerprint density at radius 1 is 0.652 bits per heavy atom. The maximum atomic E-state index is 13.2. The summed E-state index contributed by atoms with van der Waals surface area (Å²) in [5, 5.41) is 24.4. The van der Waals surface area contributed by atoms with Crippen LogP contribution >= 0.6 is 24.1 Å². The lowest BCUT2D eigenvalue weighted by Crippen LogP contribution is -2.07. The van der Waals surface area contributed by atoms with Crippen molar-refractivity contribution in [1.29, 1.82) is 0 Å². The highest BCUT2D eigenvalue weighted by atomic mass is 32.2. The van der Waals surface area contributed by atoms with E-state index in [-0.39, 0.29) is 27.5 Å². The molecule has 4 N–H and O–H groups in total. The first kappa shape index (κ1) is 35.3. The fourth-order valence-electron chi connectivity index (χ4n) is 4.05. The fraction of sp³-hybridized carbons (Fsp3) is 0.0741. The van der Waals surface area contributed by atoms with Crippen LogP contribution in [0.4, 0.5) is 0 Å². The van der Waals surface area contributed by atoms with Crippen molar-refractivity contribution >= 4 is 50.1 Å². The number of ketones is 1. The van der Waals surface area contributed by atoms with E-state index in [1.54, 1.807) is 13.0 Å². The molecule has 0 heterocycles. The van der Waals surface area contributed by atoms with Crippen molar-refractivity contribution in [3.05, 3.63) is 89.5 Å². The molecular weight excluding hydrogens is 693 g/mol. The molecule has 15 nitrogen and oxygen atoms in total. The Labute approximate surface area is 270 Å². The SMILES string of the molecule is COc1ccc(-c2ccc(Oc3ccc(C(=O)c4ccc(C)c(SOOO)c4)cc3S(=O)(=O)O)c(SOOO)c2)cc1S(=O)(=O)O. The molecular formula is C27H22O15S4. The van der Waals surface area contributed by atoms with E-state index in [9.17, 15) is 30.7 Å². The van der Waals surface area contributed by atoms with Crippen LogP contribution in [-0.2, 0) is 39.0 Å². The summed E-state index contributed by atoms with van der Waals surface area (Å²) in [6, 6.07) is 16.0. The van der Waals surface area contributed by atoms with Gasteiger partial charge >= 0.3 is 0 Å². The first-order valence-electron chi connectivity index (χ1n) is 12.3. The summed E-state index contributed by atoms with van der Waals surface area (Å²) in [7, 11) is -8.40. The minimum absolute atomic E-state index is 0.0657. The Hall–Kier alpha value is -3.57. The first-order chi connectivity index (χ1) is 21.8. The van der Waals surface area contributed by atoms with E-state index in [1.807, 2.05) is 0 Å². The second kappa shape index (κ2) is 14.9. The van der Waals surface area contributed by atoms with Crippen LogP contribution in [0.3, 0.4) is 0 Å². The van der Waals surface area contributed by atoms with Crippen LogP contribution in [0.25, 0.3) is 11.1 Å². The van der Waals surface area contributed by atoms with Gasteiger partial charge in [0.2, 0.25) is 0 Å². The molecule has 0 spiro atoms. The largest absolute Gasteiger partial charge is 0.495 e. The van der Waals surface area contributed by atoms with Gasteiger partial charge in [0.1, 0.15) is 27.0 Å². The molecule has 0 aliphatic rings. The van der Waals surface area contributed by atoms with Gasteiger partial charge in [-0.1, -0.05) is 34.3 Å². The van der Waals surface area contributed by atoms with E-state index in [2.05, 4.69) is 18.7 Å². The number of hydrogen-bond acceptors (Lipinski definition) is 15. The Morgan fingerprint density at radius 2 is 1.17 bits per heavy atom. The highest BCUT2D eigenvalue weighted by Gasteiger charge is 2.23. The average Bonchev–Trinajstić information content (AvgIpc) is 3.02. The molecule has 0 unspecified atom stereocenters. The average molecular weight is 715 g/mol. The molecule has 4 rings (SSSR count). The monoisotopic (exact) mass is 714 g/mol. The molecule has 0 aromatic heterocycles. The molecule has 4 aromatic rings. The maximum Gasteiger partial charge on any atom is 0.298 e. The van der Waals surface area contributed by atoms with Crippen LogP contribution < -0.4 is 9.47 Å². The maximum absolute atomic E-state index is 13.2. The molecule has 0 saturated heterocycles. The molecule has 19 heteroatoms. The van der Waals surface area contributed by atoms with E-state index in [0.29, 0.717) is 45.7 Å². The van der Waals surface area contributed by atoms with Crippen molar-refractivity contribution in [1.82, 2.24) is 0 Å². The number of carbonyl (C=O) groups excluding carboxylic acids is 1. The summed E-state index contributed by atoms with van der Waals surface area (Å²) in [6.45, 7) is 1.71. The lowest BCUT2D eigenvalue weighted by atomic mass is 10.0. The minimum Gasteiger partial charge on any atom is -0.495 e. The number of hydrogen-bond donors (Lipinski definition) is 4. The van der Waals surface area contributed by atoms with E-state index >= 15 is 0 Å². The third kappa shape index (κ3) is 8.41. The summed E-state index contributed by atoms with van der Waals surface area (Å²) in [4.78, 5) is 12.5. The molecule has 0 aliphatic heterocycles. The van der Waals surface area contributed by atoms with Crippen LogP contribution in [0.15, 0.2) is 92.4 Å². The van der Waals surface area contributed by atoms with Crippen LogP contribution in [0.2, 0.25) is 0 Å². The quantitative estimate of drug-likeness (QED) is 0.0384. The summed E-state index contributed by atoms with van der Waals surface area (Å²) in [6.07, 6.45) is 0. The molecule has 0 atom stereocenters. The number of aryl methyl sites for hydroxylation is 1. The third-order valence-corrected chi connectivity index (χ3v) is 9.31. The van der Waals surface area contributed by atoms with E-state index in [4.69, 9.17) is 20.0 Å². The number of carbonyl (C=O) groups is 1. The zero-order chi connectivity index (χ0) is 33.6. The standard InChI is InChI=1S/C27H22O15S4/c1-15-3-4-18(12-23(15)43-41-39-29)27(28)19-7-10-22(26(14-19)46(34,35)36)38-20-8-5-16(11-24(20)44-42-40-30)17-6-9-21(37-2)25(13-17)45(31,32)33/h3-14,29-30H,1-2H3,(H,31,32,33)(H,34,35,36). The van der Waals surface area contributed by atoms with Gasteiger partial charge in [-0.3, -0.25) is 13.9 Å². The smallest absolute Gasteiger partial charge is 0.298 e. The fourth-order valence-corrected chi connectivity index (χ4v) is 6.32. The summed E-state index contributed by atoms with van der Waals surface area (Å²) >= 11 is 1.06. The van der Waals surface area contributed by atoms with Crippen molar-refractivity contribution < 1.29 is 69.5 Å². The number of ether oxygens (including phenoxy) is 2. The van der Waals surface area contributed by atoms with Crippen molar-refractivity contribution in [2.24, 2.45) is 0 Å². The number of methoxy groups -OCH3 is 1. The molecule has 0 radical (unpaired) electrons. The third-order valence-electron chi connectivity index (χ3n) is 6.18. The van der Waals surface area contributed by atoms with E-state index < -0.39 is 41.6 Å². The molecule has 4 aromatic carbocycles. The predicted octanol–water partition coefficient (Wildman–Crippen LogP) is 6.04. The Bertz CT molecular complexity index is 1980. The topological polar surface area (TPSA) is 222 Å².